The molecule has 2 heterocycles. The summed E-state index contributed by atoms with van der Waals surface area (Å²) in [5.74, 6) is -0.503. The number of aromatic nitrogens is 2. The number of carboxylic acid groups (broad SMARTS) is 1. The topological polar surface area (TPSA) is 96.9 Å². The van der Waals surface area contributed by atoms with E-state index in [0.29, 0.717) is 23.7 Å². The van der Waals surface area contributed by atoms with Gasteiger partial charge in [-0.05, 0) is 39.0 Å². The lowest BCUT2D eigenvalue weighted by atomic mass is 10.2. The van der Waals surface area contributed by atoms with Crippen molar-refractivity contribution in [1.29, 1.82) is 5.26 Å². The lowest BCUT2D eigenvalue weighted by Gasteiger charge is -2.07. The number of imidazole rings is 1. The normalized spacial score (nSPS) is 11.5. The van der Waals surface area contributed by atoms with Gasteiger partial charge in [-0.25, -0.2) is 4.79 Å². The second kappa shape index (κ2) is 6.83. The van der Waals surface area contributed by atoms with Crippen LogP contribution in [-0.2, 0) is 4.79 Å². The number of ether oxygens (including phenoxy) is 2. The molecule has 1 N–H and O–H groups in total. The SMILES string of the molecule is CCOc1cccn2c(C=C(C#N)C(=O)O)c(OC(C)C)nc12. The molecule has 0 amide bonds. The van der Waals surface area contributed by atoms with Crippen molar-refractivity contribution < 1.29 is 19.4 Å². The third-order valence-electron chi connectivity index (χ3n) is 2.90. The Balaban J connectivity index is 2.71. The Labute approximate surface area is 133 Å². The van der Waals surface area contributed by atoms with Gasteiger partial charge in [-0.2, -0.15) is 10.2 Å². The van der Waals surface area contributed by atoms with Gasteiger partial charge in [0.1, 0.15) is 17.3 Å². The number of fused-ring (bicyclic) bond motifs is 1. The molecule has 0 atom stereocenters. The molecule has 0 fully saturated rings. The molecule has 0 aliphatic carbocycles. The van der Waals surface area contributed by atoms with Crippen LogP contribution in [0.2, 0.25) is 0 Å². The predicted molar refractivity (Wildman–Crippen MR) is 83.4 cm³/mol. The Morgan fingerprint density at radius 2 is 2.30 bits per heavy atom. The lowest BCUT2D eigenvalue weighted by Crippen LogP contribution is -2.07. The van der Waals surface area contributed by atoms with Crippen molar-refractivity contribution in [1.82, 2.24) is 9.38 Å². The van der Waals surface area contributed by atoms with E-state index < -0.39 is 11.5 Å². The number of aliphatic carboxylic acids is 1. The Morgan fingerprint density at radius 1 is 1.57 bits per heavy atom. The van der Waals surface area contributed by atoms with E-state index in [1.54, 1.807) is 28.8 Å². The molecule has 0 bridgehead atoms. The number of rotatable bonds is 6. The summed E-state index contributed by atoms with van der Waals surface area (Å²) >= 11 is 0. The van der Waals surface area contributed by atoms with Gasteiger partial charge in [0.15, 0.2) is 11.4 Å². The first kappa shape index (κ1) is 16.4. The molecule has 0 saturated heterocycles. The van der Waals surface area contributed by atoms with Gasteiger partial charge in [-0.3, -0.25) is 4.40 Å². The molecule has 0 aromatic carbocycles. The van der Waals surface area contributed by atoms with Gasteiger partial charge < -0.3 is 14.6 Å². The molecular weight excluding hydrogens is 298 g/mol. The van der Waals surface area contributed by atoms with Crippen LogP contribution in [0.1, 0.15) is 26.5 Å². The largest absolute Gasteiger partial charge is 0.490 e. The molecule has 2 aromatic rings. The third-order valence-corrected chi connectivity index (χ3v) is 2.90. The van der Waals surface area contributed by atoms with Gasteiger partial charge in [-0.15, -0.1) is 0 Å². The third kappa shape index (κ3) is 3.43. The van der Waals surface area contributed by atoms with E-state index in [-0.39, 0.29) is 12.0 Å². The number of nitriles is 1. The van der Waals surface area contributed by atoms with Crippen LogP contribution in [0.25, 0.3) is 11.7 Å². The van der Waals surface area contributed by atoms with Crippen LogP contribution < -0.4 is 9.47 Å². The summed E-state index contributed by atoms with van der Waals surface area (Å²) in [5, 5.41) is 18.1. The quantitative estimate of drug-likeness (QED) is 0.650. The molecule has 120 valence electrons. The highest BCUT2D eigenvalue weighted by Gasteiger charge is 2.18. The number of carbonyl (C=O) groups is 1. The van der Waals surface area contributed by atoms with Gasteiger partial charge in [0.05, 0.1) is 12.7 Å². The van der Waals surface area contributed by atoms with Crippen LogP contribution in [0.5, 0.6) is 11.6 Å². The highest BCUT2D eigenvalue weighted by molar-refractivity contribution is 5.96. The van der Waals surface area contributed by atoms with Crippen LogP contribution in [0, 0.1) is 11.3 Å². The fourth-order valence-electron chi connectivity index (χ4n) is 2.03. The van der Waals surface area contributed by atoms with Crippen molar-refractivity contribution >= 4 is 17.7 Å². The number of nitrogens with zero attached hydrogens (tertiary/aromatic N) is 3. The summed E-state index contributed by atoms with van der Waals surface area (Å²) in [6.45, 7) is 6.00. The van der Waals surface area contributed by atoms with E-state index >= 15 is 0 Å². The maximum absolute atomic E-state index is 11.1. The number of pyridine rings is 1. The molecule has 0 aliphatic rings. The Morgan fingerprint density at radius 3 is 2.87 bits per heavy atom. The molecule has 7 nitrogen and oxygen atoms in total. The Bertz CT molecular complexity index is 799. The fraction of sp³-hybridized carbons (Fsp3) is 0.312. The van der Waals surface area contributed by atoms with Crippen LogP contribution in [-0.4, -0.2) is 33.2 Å². The first-order chi connectivity index (χ1) is 11.0. The average Bonchev–Trinajstić information content (AvgIpc) is 2.82. The summed E-state index contributed by atoms with van der Waals surface area (Å²) in [5.41, 5.74) is 0.482. The highest BCUT2D eigenvalue weighted by atomic mass is 16.5. The van der Waals surface area contributed by atoms with Gasteiger partial charge in [-0.1, -0.05) is 0 Å². The minimum absolute atomic E-state index is 0.155. The van der Waals surface area contributed by atoms with Crippen molar-refractivity contribution in [3.05, 3.63) is 29.6 Å². The van der Waals surface area contributed by atoms with E-state index in [1.165, 1.54) is 6.08 Å². The van der Waals surface area contributed by atoms with Crippen LogP contribution in [0.4, 0.5) is 0 Å². The van der Waals surface area contributed by atoms with Gasteiger partial charge in [0.25, 0.3) is 0 Å². The van der Waals surface area contributed by atoms with Crippen LogP contribution in [0.15, 0.2) is 23.9 Å². The summed E-state index contributed by atoms with van der Waals surface area (Å²) in [4.78, 5) is 15.5. The van der Waals surface area contributed by atoms with Crippen molar-refractivity contribution in [2.24, 2.45) is 0 Å². The van der Waals surface area contributed by atoms with Gasteiger partial charge in [0.2, 0.25) is 5.88 Å². The molecule has 23 heavy (non-hydrogen) atoms. The van der Waals surface area contributed by atoms with E-state index in [9.17, 15) is 4.79 Å². The maximum atomic E-state index is 11.1. The minimum Gasteiger partial charge on any atom is -0.490 e. The molecule has 2 aromatic heterocycles. The summed E-state index contributed by atoms with van der Waals surface area (Å²) in [6.07, 6.45) is 2.80. The molecule has 2 rings (SSSR count). The zero-order valence-electron chi connectivity index (χ0n) is 13.1. The second-order valence-corrected chi connectivity index (χ2v) is 4.94. The summed E-state index contributed by atoms with van der Waals surface area (Å²) in [6, 6.07) is 5.18. The predicted octanol–water partition coefficient (Wildman–Crippen LogP) is 2.51. The van der Waals surface area contributed by atoms with Crippen LogP contribution >= 0.6 is 0 Å². The first-order valence-corrected chi connectivity index (χ1v) is 7.13. The molecule has 0 aliphatic heterocycles. The van der Waals surface area contributed by atoms with Crippen molar-refractivity contribution in [3.8, 4) is 17.7 Å². The van der Waals surface area contributed by atoms with E-state index in [0.717, 1.165) is 0 Å². The standard InChI is InChI=1S/C16H17N3O4/c1-4-22-13-6-5-7-19-12(8-11(9-17)16(20)21)15(18-14(13)19)23-10(2)3/h5-8,10H,4H2,1-3H3,(H,20,21). The van der Waals surface area contributed by atoms with Crippen molar-refractivity contribution in [2.75, 3.05) is 6.61 Å². The van der Waals surface area contributed by atoms with Crippen LogP contribution in [0.3, 0.4) is 0 Å². The molecular formula is C16H17N3O4. The molecule has 0 unspecified atom stereocenters. The summed E-state index contributed by atoms with van der Waals surface area (Å²) < 4.78 is 12.8. The molecule has 0 saturated carbocycles. The van der Waals surface area contributed by atoms with E-state index in [4.69, 9.17) is 19.8 Å². The molecule has 0 radical (unpaired) electrons. The number of hydrogen-bond acceptors (Lipinski definition) is 5. The number of hydrogen-bond donors (Lipinski definition) is 1. The van der Waals surface area contributed by atoms with Crippen molar-refractivity contribution in [2.45, 2.75) is 26.9 Å². The zero-order valence-corrected chi connectivity index (χ0v) is 13.1. The maximum Gasteiger partial charge on any atom is 0.346 e. The lowest BCUT2D eigenvalue weighted by molar-refractivity contribution is -0.132. The minimum atomic E-state index is -1.31. The monoisotopic (exact) mass is 315 g/mol. The van der Waals surface area contributed by atoms with E-state index in [2.05, 4.69) is 4.98 Å². The van der Waals surface area contributed by atoms with E-state index in [1.807, 2.05) is 20.8 Å². The molecule has 0 spiro atoms. The Hall–Kier alpha value is -3.01. The Kier molecular flexibility index (Phi) is 4.86. The summed E-state index contributed by atoms with van der Waals surface area (Å²) in [7, 11) is 0. The number of carboxylic acids is 1. The highest BCUT2D eigenvalue weighted by Crippen LogP contribution is 2.28. The first-order valence-electron chi connectivity index (χ1n) is 7.13. The van der Waals surface area contributed by atoms with Crippen molar-refractivity contribution in [3.63, 3.8) is 0 Å². The van der Waals surface area contributed by atoms with Gasteiger partial charge in [0, 0.05) is 6.20 Å². The average molecular weight is 315 g/mol. The molecule has 7 heteroatoms. The zero-order chi connectivity index (χ0) is 17.0. The fourth-order valence-corrected chi connectivity index (χ4v) is 2.03. The second-order valence-electron chi connectivity index (χ2n) is 4.94. The smallest absolute Gasteiger partial charge is 0.346 e. The van der Waals surface area contributed by atoms with Gasteiger partial charge >= 0.3 is 5.97 Å².